The van der Waals surface area contributed by atoms with E-state index < -0.39 is 5.97 Å². The summed E-state index contributed by atoms with van der Waals surface area (Å²) < 4.78 is 1.74. The molecule has 4 heteroatoms. The highest BCUT2D eigenvalue weighted by atomic mass is 16.4. The predicted octanol–water partition coefficient (Wildman–Crippen LogP) is 1.65. The molecular weight excluding hydrogens is 180 g/mol. The summed E-state index contributed by atoms with van der Waals surface area (Å²) in [6.45, 7) is 3.69. The van der Waals surface area contributed by atoms with Crippen LogP contribution < -0.4 is 0 Å². The summed E-state index contributed by atoms with van der Waals surface area (Å²) in [6, 6.07) is 0. The van der Waals surface area contributed by atoms with Crippen molar-refractivity contribution in [3.05, 3.63) is 35.3 Å². The fourth-order valence-corrected chi connectivity index (χ4v) is 1.55. The van der Waals surface area contributed by atoms with Crippen LogP contribution in [0.25, 0.3) is 5.65 Å². The standard InChI is InChI=1S/C10H10N2O2/c1-6-3-11-9-8(10(13)14)7(2)5-12(9)4-6/h3-5H,1-2H3,(H,13,14). The van der Waals surface area contributed by atoms with E-state index in [1.165, 1.54) is 0 Å². The van der Waals surface area contributed by atoms with Crippen molar-refractivity contribution in [1.29, 1.82) is 0 Å². The molecular formula is C10H10N2O2. The quantitative estimate of drug-likeness (QED) is 0.743. The first-order valence-corrected chi connectivity index (χ1v) is 4.27. The predicted molar refractivity (Wildman–Crippen MR) is 51.6 cm³/mol. The number of aromatic carboxylic acids is 1. The largest absolute Gasteiger partial charge is 0.478 e. The number of aromatic nitrogens is 2. The van der Waals surface area contributed by atoms with Crippen LogP contribution in [0, 0.1) is 13.8 Å². The summed E-state index contributed by atoms with van der Waals surface area (Å²) in [7, 11) is 0. The highest BCUT2D eigenvalue weighted by molar-refractivity contribution is 5.96. The van der Waals surface area contributed by atoms with Gasteiger partial charge in [0.1, 0.15) is 5.56 Å². The van der Waals surface area contributed by atoms with E-state index in [9.17, 15) is 4.79 Å². The van der Waals surface area contributed by atoms with Crippen molar-refractivity contribution in [1.82, 2.24) is 9.38 Å². The number of hydrogen-bond acceptors (Lipinski definition) is 2. The molecule has 0 unspecified atom stereocenters. The second-order valence-corrected chi connectivity index (χ2v) is 3.35. The second kappa shape index (κ2) is 2.83. The maximum atomic E-state index is 10.9. The summed E-state index contributed by atoms with van der Waals surface area (Å²) in [5.41, 5.74) is 2.52. The SMILES string of the molecule is Cc1cnc2c(C(=O)O)c(C)cn2c1. The number of rotatable bonds is 1. The minimum Gasteiger partial charge on any atom is -0.478 e. The van der Waals surface area contributed by atoms with Crippen molar-refractivity contribution in [2.45, 2.75) is 13.8 Å². The number of carboxylic acid groups (broad SMARTS) is 1. The zero-order valence-corrected chi connectivity index (χ0v) is 7.98. The Bertz CT molecular complexity index is 514. The lowest BCUT2D eigenvalue weighted by Gasteiger charge is -1.96. The summed E-state index contributed by atoms with van der Waals surface area (Å²) in [5.74, 6) is -0.929. The Labute approximate surface area is 80.8 Å². The summed E-state index contributed by atoms with van der Waals surface area (Å²) in [4.78, 5) is 15.0. The van der Waals surface area contributed by atoms with E-state index in [0.717, 1.165) is 11.1 Å². The Hall–Kier alpha value is -1.84. The molecule has 4 nitrogen and oxygen atoms in total. The molecule has 0 aliphatic heterocycles. The molecule has 0 fully saturated rings. The number of carboxylic acids is 1. The molecule has 72 valence electrons. The second-order valence-electron chi connectivity index (χ2n) is 3.35. The molecule has 2 rings (SSSR count). The number of carbonyl (C=O) groups is 1. The van der Waals surface area contributed by atoms with Gasteiger partial charge < -0.3 is 9.51 Å². The van der Waals surface area contributed by atoms with Crippen molar-refractivity contribution >= 4 is 11.6 Å². The van der Waals surface area contributed by atoms with Gasteiger partial charge in [-0.25, -0.2) is 9.78 Å². The summed E-state index contributed by atoms with van der Waals surface area (Å²) in [5, 5.41) is 8.97. The first kappa shape index (κ1) is 8.74. The Morgan fingerprint density at radius 3 is 2.79 bits per heavy atom. The fourth-order valence-electron chi connectivity index (χ4n) is 1.55. The third kappa shape index (κ3) is 1.16. The van der Waals surface area contributed by atoms with Crippen molar-refractivity contribution in [2.24, 2.45) is 0 Å². The van der Waals surface area contributed by atoms with Gasteiger partial charge in [0.25, 0.3) is 0 Å². The molecule has 14 heavy (non-hydrogen) atoms. The highest BCUT2D eigenvalue weighted by Gasteiger charge is 2.14. The lowest BCUT2D eigenvalue weighted by molar-refractivity contribution is 0.0698. The monoisotopic (exact) mass is 190 g/mol. The van der Waals surface area contributed by atoms with Gasteiger partial charge in [0.2, 0.25) is 0 Å². The molecule has 2 aromatic rings. The molecule has 0 radical (unpaired) electrons. The third-order valence-electron chi connectivity index (χ3n) is 2.14. The molecule has 0 atom stereocenters. The van der Waals surface area contributed by atoms with Crippen molar-refractivity contribution < 1.29 is 9.90 Å². The van der Waals surface area contributed by atoms with E-state index in [2.05, 4.69) is 4.98 Å². The van der Waals surface area contributed by atoms with Gasteiger partial charge in [0.05, 0.1) is 0 Å². The summed E-state index contributed by atoms with van der Waals surface area (Å²) >= 11 is 0. The fraction of sp³-hybridized carbons (Fsp3) is 0.200. The Morgan fingerprint density at radius 2 is 2.14 bits per heavy atom. The van der Waals surface area contributed by atoms with Crippen molar-refractivity contribution in [3.8, 4) is 0 Å². The van der Waals surface area contributed by atoms with E-state index in [0.29, 0.717) is 5.65 Å². The third-order valence-corrected chi connectivity index (χ3v) is 2.14. The van der Waals surface area contributed by atoms with Gasteiger partial charge in [-0.2, -0.15) is 0 Å². The molecule has 0 aromatic carbocycles. The Kier molecular flexibility index (Phi) is 1.77. The molecule has 0 spiro atoms. The van der Waals surface area contributed by atoms with Crippen LogP contribution in [0.1, 0.15) is 21.5 Å². The van der Waals surface area contributed by atoms with Crippen LogP contribution in [0.2, 0.25) is 0 Å². The first-order valence-electron chi connectivity index (χ1n) is 4.27. The molecule has 0 bridgehead atoms. The van der Waals surface area contributed by atoms with Crippen LogP contribution in [-0.4, -0.2) is 20.5 Å². The van der Waals surface area contributed by atoms with Crippen LogP contribution in [0.5, 0.6) is 0 Å². The maximum Gasteiger partial charge on any atom is 0.339 e. The van der Waals surface area contributed by atoms with Gasteiger partial charge in [-0.3, -0.25) is 0 Å². The van der Waals surface area contributed by atoms with Crippen LogP contribution in [0.4, 0.5) is 0 Å². The average Bonchev–Trinajstić information content (AvgIpc) is 2.39. The molecule has 0 aliphatic carbocycles. The zero-order valence-electron chi connectivity index (χ0n) is 7.98. The maximum absolute atomic E-state index is 10.9. The minimum absolute atomic E-state index is 0.282. The van der Waals surface area contributed by atoms with E-state index in [-0.39, 0.29) is 5.56 Å². The van der Waals surface area contributed by atoms with Crippen molar-refractivity contribution in [2.75, 3.05) is 0 Å². The van der Waals surface area contributed by atoms with Gasteiger partial charge in [-0.15, -0.1) is 0 Å². The molecule has 0 aliphatic rings. The van der Waals surface area contributed by atoms with Crippen LogP contribution in [0.15, 0.2) is 18.6 Å². The summed E-state index contributed by atoms with van der Waals surface area (Å²) in [6.07, 6.45) is 5.31. The molecule has 2 aromatic heterocycles. The van der Waals surface area contributed by atoms with Crippen LogP contribution >= 0.6 is 0 Å². The lowest BCUT2D eigenvalue weighted by Crippen LogP contribution is -1.99. The molecule has 1 N–H and O–H groups in total. The highest BCUT2D eigenvalue weighted by Crippen LogP contribution is 2.16. The van der Waals surface area contributed by atoms with E-state index in [4.69, 9.17) is 5.11 Å². The average molecular weight is 190 g/mol. The topological polar surface area (TPSA) is 54.6 Å². The van der Waals surface area contributed by atoms with Gasteiger partial charge in [0, 0.05) is 18.6 Å². The van der Waals surface area contributed by atoms with Crippen LogP contribution in [-0.2, 0) is 0 Å². The van der Waals surface area contributed by atoms with E-state index >= 15 is 0 Å². The lowest BCUT2D eigenvalue weighted by atomic mass is 10.2. The van der Waals surface area contributed by atoms with Crippen molar-refractivity contribution in [3.63, 3.8) is 0 Å². The minimum atomic E-state index is -0.929. The normalized spacial score (nSPS) is 10.7. The van der Waals surface area contributed by atoms with Crippen LogP contribution in [0.3, 0.4) is 0 Å². The zero-order chi connectivity index (χ0) is 10.3. The smallest absolute Gasteiger partial charge is 0.339 e. The number of fused-ring (bicyclic) bond motifs is 1. The first-order chi connectivity index (χ1) is 6.59. The number of nitrogens with zero attached hydrogens (tertiary/aromatic N) is 2. The Morgan fingerprint density at radius 1 is 1.43 bits per heavy atom. The molecule has 0 saturated carbocycles. The number of aryl methyl sites for hydroxylation is 2. The van der Waals surface area contributed by atoms with E-state index in [1.54, 1.807) is 23.7 Å². The molecule has 0 saturated heterocycles. The van der Waals surface area contributed by atoms with Gasteiger partial charge >= 0.3 is 5.97 Å². The number of hydrogen-bond donors (Lipinski definition) is 1. The van der Waals surface area contributed by atoms with Gasteiger partial charge in [-0.05, 0) is 25.0 Å². The molecule has 0 amide bonds. The van der Waals surface area contributed by atoms with E-state index in [1.807, 2.05) is 13.1 Å². The van der Waals surface area contributed by atoms with Gasteiger partial charge in [-0.1, -0.05) is 0 Å². The molecule has 2 heterocycles. The Balaban J connectivity index is 2.84. The van der Waals surface area contributed by atoms with Gasteiger partial charge in [0.15, 0.2) is 5.65 Å².